The van der Waals surface area contributed by atoms with Crippen molar-refractivity contribution < 1.29 is 18.8 Å². The summed E-state index contributed by atoms with van der Waals surface area (Å²) in [5.41, 5.74) is 0. The Kier molecular flexibility index (Phi) is 4.95. The van der Waals surface area contributed by atoms with E-state index in [0.717, 1.165) is 4.88 Å². The molecule has 7 nitrogen and oxygen atoms in total. The zero-order valence-corrected chi connectivity index (χ0v) is 13.7. The van der Waals surface area contributed by atoms with Crippen molar-refractivity contribution in [2.24, 2.45) is 0 Å². The van der Waals surface area contributed by atoms with Crippen LogP contribution >= 0.6 is 11.3 Å². The van der Waals surface area contributed by atoms with Gasteiger partial charge in [0.15, 0.2) is 0 Å². The van der Waals surface area contributed by atoms with Crippen LogP contribution in [0.3, 0.4) is 0 Å². The van der Waals surface area contributed by atoms with E-state index in [-0.39, 0.29) is 24.7 Å². The van der Waals surface area contributed by atoms with Crippen molar-refractivity contribution >= 4 is 29.2 Å². The maximum absolute atomic E-state index is 12.6. The maximum Gasteiger partial charge on any atom is 0.322 e. The molecule has 0 spiro atoms. The van der Waals surface area contributed by atoms with E-state index in [1.807, 2.05) is 23.6 Å². The van der Waals surface area contributed by atoms with Gasteiger partial charge in [-0.1, -0.05) is 6.07 Å². The molecule has 0 bridgehead atoms. The third kappa shape index (κ3) is 4.02. The van der Waals surface area contributed by atoms with Crippen LogP contribution in [0.2, 0.25) is 0 Å². The standard InChI is InChI=1S/C16H17N3O4S/c20-14(6-5-13-15(21)18-16(22)17-13)19(9-11-3-1-7-23-11)10-12-4-2-8-24-12/h1-4,7-8,13H,5-6,9-10H2,(H2,17,18,21,22). The summed E-state index contributed by atoms with van der Waals surface area (Å²) in [4.78, 5) is 38.0. The van der Waals surface area contributed by atoms with Gasteiger partial charge in [-0.2, -0.15) is 0 Å². The molecule has 1 atom stereocenters. The lowest BCUT2D eigenvalue weighted by Crippen LogP contribution is -2.33. The van der Waals surface area contributed by atoms with Crippen molar-refractivity contribution in [3.8, 4) is 0 Å². The van der Waals surface area contributed by atoms with Crippen molar-refractivity contribution in [1.29, 1.82) is 0 Å². The molecule has 0 saturated carbocycles. The Balaban J connectivity index is 1.61. The number of furan rings is 1. The lowest BCUT2D eigenvalue weighted by molar-refractivity contribution is -0.133. The molecule has 24 heavy (non-hydrogen) atoms. The van der Waals surface area contributed by atoms with Crippen LogP contribution in [0.5, 0.6) is 0 Å². The van der Waals surface area contributed by atoms with Crippen LogP contribution in [-0.2, 0) is 22.7 Å². The summed E-state index contributed by atoms with van der Waals surface area (Å²) in [7, 11) is 0. The lowest BCUT2D eigenvalue weighted by atomic mass is 10.1. The molecule has 1 fully saturated rings. The second kappa shape index (κ2) is 7.31. The molecule has 8 heteroatoms. The SMILES string of the molecule is O=C1NC(=O)C(CCC(=O)N(Cc2ccco2)Cc2cccs2)N1. The first-order valence-electron chi connectivity index (χ1n) is 7.56. The topological polar surface area (TPSA) is 91.7 Å². The molecule has 1 aliphatic heterocycles. The van der Waals surface area contributed by atoms with E-state index in [9.17, 15) is 14.4 Å². The van der Waals surface area contributed by atoms with Crippen LogP contribution in [0.1, 0.15) is 23.5 Å². The Hall–Kier alpha value is -2.61. The fraction of sp³-hybridized carbons (Fsp3) is 0.312. The van der Waals surface area contributed by atoms with Gasteiger partial charge >= 0.3 is 6.03 Å². The first-order chi connectivity index (χ1) is 11.6. The van der Waals surface area contributed by atoms with Crippen LogP contribution in [-0.4, -0.2) is 28.8 Å². The molecule has 1 unspecified atom stereocenters. The van der Waals surface area contributed by atoms with Gasteiger partial charge in [0.05, 0.1) is 19.4 Å². The molecule has 1 aliphatic rings. The van der Waals surface area contributed by atoms with E-state index in [1.54, 1.807) is 28.6 Å². The zero-order chi connectivity index (χ0) is 16.9. The largest absolute Gasteiger partial charge is 0.467 e. The summed E-state index contributed by atoms with van der Waals surface area (Å²) in [5, 5.41) is 6.63. The predicted octanol–water partition coefficient (Wildman–Crippen LogP) is 1.86. The number of imide groups is 1. The number of urea groups is 1. The second-order valence-electron chi connectivity index (χ2n) is 5.46. The highest BCUT2D eigenvalue weighted by Gasteiger charge is 2.30. The quantitative estimate of drug-likeness (QED) is 0.748. The molecule has 0 aromatic carbocycles. The van der Waals surface area contributed by atoms with Gasteiger partial charge in [0.25, 0.3) is 5.91 Å². The molecular formula is C16H17N3O4S. The van der Waals surface area contributed by atoms with E-state index in [1.165, 1.54) is 0 Å². The normalized spacial score (nSPS) is 16.8. The molecule has 3 rings (SSSR count). The van der Waals surface area contributed by atoms with Crippen molar-refractivity contribution in [3.63, 3.8) is 0 Å². The number of carbonyl (C=O) groups is 3. The Morgan fingerprint density at radius 3 is 2.75 bits per heavy atom. The van der Waals surface area contributed by atoms with Gasteiger partial charge < -0.3 is 14.6 Å². The lowest BCUT2D eigenvalue weighted by Gasteiger charge is -2.21. The van der Waals surface area contributed by atoms with Crippen molar-refractivity contribution in [1.82, 2.24) is 15.5 Å². The number of nitrogens with zero attached hydrogens (tertiary/aromatic N) is 1. The molecule has 0 radical (unpaired) electrons. The minimum Gasteiger partial charge on any atom is -0.467 e. The van der Waals surface area contributed by atoms with Crippen molar-refractivity contribution in [3.05, 3.63) is 46.5 Å². The van der Waals surface area contributed by atoms with Gasteiger partial charge in [-0.05, 0) is 30.0 Å². The van der Waals surface area contributed by atoms with Crippen LogP contribution < -0.4 is 10.6 Å². The maximum atomic E-state index is 12.6. The summed E-state index contributed by atoms with van der Waals surface area (Å²) in [6.07, 6.45) is 2.02. The Bertz CT molecular complexity index is 676. The predicted molar refractivity (Wildman–Crippen MR) is 87.0 cm³/mol. The van der Waals surface area contributed by atoms with Gasteiger partial charge in [-0.3, -0.25) is 14.9 Å². The van der Waals surface area contributed by atoms with Crippen LogP contribution in [0.25, 0.3) is 0 Å². The summed E-state index contributed by atoms with van der Waals surface area (Å²) in [6.45, 7) is 0.855. The van der Waals surface area contributed by atoms with Crippen molar-refractivity contribution in [2.45, 2.75) is 32.0 Å². The minimum atomic E-state index is -0.645. The molecule has 2 aromatic heterocycles. The molecule has 2 aromatic rings. The fourth-order valence-electron chi connectivity index (χ4n) is 2.50. The zero-order valence-electron chi connectivity index (χ0n) is 12.9. The average Bonchev–Trinajstić information content (AvgIpc) is 3.28. The first kappa shape index (κ1) is 16.3. The van der Waals surface area contributed by atoms with Gasteiger partial charge in [-0.25, -0.2) is 4.79 Å². The molecule has 3 heterocycles. The molecule has 2 N–H and O–H groups in total. The second-order valence-corrected chi connectivity index (χ2v) is 6.49. The average molecular weight is 347 g/mol. The highest BCUT2D eigenvalue weighted by Crippen LogP contribution is 2.17. The molecule has 1 saturated heterocycles. The number of amides is 4. The number of rotatable bonds is 7. The third-order valence-electron chi connectivity index (χ3n) is 3.71. The van der Waals surface area contributed by atoms with E-state index in [2.05, 4.69) is 10.6 Å². The van der Waals surface area contributed by atoms with Crippen molar-refractivity contribution in [2.75, 3.05) is 0 Å². The van der Waals surface area contributed by atoms with Gasteiger partial charge in [0, 0.05) is 11.3 Å². The van der Waals surface area contributed by atoms with Crippen LogP contribution in [0.15, 0.2) is 40.3 Å². The first-order valence-corrected chi connectivity index (χ1v) is 8.43. The number of hydrogen-bond donors (Lipinski definition) is 2. The summed E-state index contributed by atoms with van der Waals surface area (Å²) in [5.74, 6) is 0.226. The van der Waals surface area contributed by atoms with E-state index >= 15 is 0 Å². The minimum absolute atomic E-state index is 0.0891. The van der Waals surface area contributed by atoms with Crippen LogP contribution in [0, 0.1) is 0 Å². The number of thiophene rings is 1. The van der Waals surface area contributed by atoms with Gasteiger partial charge in [0.2, 0.25) is 5.91 Å². The Morgan fingerprint density at radius 2 is 2.12 bits per heavy atom. The summed E-state index contributed by atoms with van der Waals surface area (Å²) < 4.78 is 5.33. The number of hydrogen-bond acceptors (Lipinski definition) is 5. The molecule has 0 aliphatic carbocycles. The summed E-state index contributed by atoms with van der Waals surface area (Å²) in [6, 6.07) is 6.35. The van der Waals surface area contributed by atoms with E-state index in [4.69, 9.17) is 4.42 Å². The van der Waals surface area contributed by atoms with Crippen LogP contribution in [0.4, 0.5) is 4.79 Å². The Labute approximate surface area is 142 Å². The third-order valence-corrected chi connectivity index (χ3v) is 4.57. The molecule has 4 amide bonds. The monoisotopic (exact) mass is 347 g/mol. The highest BCUT2D eigenvalue weighted by atomic mass is 32.1. The molecular weight excluding hydrogens is 330 g/mol. The summed E-state index contributed by atoms with van der Waals surface area (Å²) >= 11 is 1.58. The van der Waals surface area contributed by atoms with E-state index in [0.29, 0.717) is 18.8 Å². The fourth-order valence-corrected chi connectivity index (χ4v) is 3.22. The van der Waals surface area contributed by atoms with E-state index < -0.39 is 12.1 Å². The number of nitrogens with one attached hydrogen (secondary N) is 2. The van der Waals surface area contributed by atoms with Gasteiger partial charge in [0.1, 0.15) is 11.8 Å². The smallest absolute Gasteiger partial charge is 0.322 e. The van der Waals surface area contributed by atoms with Gasteiger partial charge in [-0.15, -0.1) is 11.3 Å². The molecule has 126 valence electrons. The number of carbonyl (C=O) groups excluding carboxylic acids is 3. The highest BCUT2D eigenvalue weighted by molar-refractivity contribution is 7.09. The Morgan fingerprint density at radius 1 is 1.25 bits per heavy atom.